The molecule has 0 aliphatic rings. The molecule has 108 valence electrons. The van der Waals surface area contributed by atoms with Crippen molar-refractivity contribution in [1.82, 2.24) is 24.8 Å². The van der Waals surface area contributed by atoms with Gasteiger partial charge in [-0.25, -0.2) is 4.98 Å². The fourth-order valence-corrected chi connectivity index (χ4v) is 2.83. The number of fused-ring (bicyclic) bond motifs is 1. The summed E-state index contributed by atoms with van der Waals surface area (Å²) in [6, 6.07) is 11.1. The smallest absolute Gasteiger partial charge is 0.246 e. The van der Waals surface area contributed by atoms with Crippen molar-refractivity contribution in [2.45, 2.75) is 0 Å². The van der Waals surface area contributed by atoms with Gasteiger partial charge in [0.25, 0.3) is 0 Å². The molecule has 0 spiro atoms. The van der Waals surface area contributed by atoms with Gasteiger partial charge in [-0.05, 0) is 29.8 Å². The fourth-order valence-electron chi connectivity index (χ4n) is 2.00. The van der Waals surface area contributed by atoms with Gasteiger partial charge in [-0.1, -0.05) is 12.1 Å². The van der Waals surface area contributed by atoms with Gasteiger partial charge in [-0.15, -0.1) is 26.6 Å². The van der Waals surface area contributed by atoms with E-state index in [9.17, 15) is 0 Å². The molecule has 0 aliphatic carbocycles. The van der Waals surface area contributed by atoms with Crippen LogP contribution in [0.5, 0.6) is 11.6 Å². The Kier molecular flexibility index (Phi) is 3.21. The van der Waals surface area contributed by atoms with Crippen LogP contribution in [0.25, 0.3) is 16.2 Å². The Morgan fingerprint density at radius 1 is 1.09 bits per heavy atom. The van der Waals surface area contributed by atoms with E-state index in [1.165, 1.54) is 4.52 Å². The molecule has 3 aromatic heterocycles. The lowest BCUT2D eigenvalue weighted by atomic mass is 10.2. The second-order valence-corrected chi connectivity index (χ2v) is 5.58. The first-order valence-corrected chi connectivity index (χ1v) is 7.62. The van der Waals surface area contributed by atoms with Crippen LogP contribution in [0.4, 0.5) is 0 Å². The van der Waals surface area contributed by atoms with Crippen LogP contribution >= 0.6 is 22.9 Å². The number of para-hydroxylation sites is 1. The lowest BCUT2D eigenvalue weighted by Crippen LogP contribution is -1.96. The van der Waals surface area contributed by atoms with Crippen LogP contribution in [0.3, 0.4) is 0 Å². The summed E-state index contributed by atoms with van der Waals surface area (Å²) in [7, 11) is 0. The molecule has 8 heteroatoms. The van der Waals surface area contributed by atoms with Crippen molar-refractivity contribution in [3.63, 3.8) is 0 Å². The van der Waals surface area contributed by atoms with Gasteiger partial charge in [0.2, 0.25) is 11.2 Å². The highest BCUT2D eigenvalue weighted by molar-refractivity contribution is 7.13. The van der Waals surface area contributed by atoms with Gasteiger partial charge in [0.15, 0.2) is 5.65 Å². The molecule has 0 bridgehead atoms. The SMILES string of the molecule is Clc1nnc2ccc(Oc3ccccc3-c3nccs3)nn12. The molecule has 1 aromatic carbocycles. The zero-order valence-corrected chi connectivity index (χ0v) is 12.6. The Bertz CT molecular complexity index is 937. The molecule has 0 atom stereocenters. The van der Waals surface area contributed by atoms with E-state index in [4.69, 9.17) is 16.3 Å². The number of thiazole rings is 1. The molecule has 0 radical (unpaired) electrons. The first-order chi connectivity index (χ1) is 10.8. The van der Waals surface area contributed by atoms with Crippen molar-refractivity contribution in [3.05, 3.63) is 53.3 Å². The van der Waals surface area contributed by atoms with E-state index >= 15 is 0 Å². The van der Waals surface area contributed by atoms with Crippen LogP contribution in [0, 0.1) is 0 Å². The largest absolute Gasteiger partial charge is 0.437 e. The molecule has 4 aromatic rings. The average molecular weight is 330 g/mol. The molecule has 0 N–H and O–H groups in total. The normalized spacial score (nSPS) is 11.0. The van der Waals surface area contributed by atoms with E-state index in [2.05, 4.69) is 20.3 Å². The molecule has 22 heavy (non-hydrogen) atoms. The van der Waals surface area contributed by atoms with E-state index in [1.807, 2.05) is 29.6 Å². The minimum absolute atomic E-state index is 0.189. The lowest BCUT2D eigenvalue weighted by molar-refractivity contribution is 0.454. The molecule has 0 fully saturated rings. The number of aromatic nitrogens is 5. The second-order valence-electron chi connectivity index (χ2n) is 4.35. The number of benzene rings is 1. The molecular formula is C14H8ClN5OS. The van der Waals surface area contributed by atoms with Crippen LogP contribution in [0.15, 0.2) is 48.0 Å². The summed E-state index contributed by atoms with van der Waals surface area (Å²) in [5, 5.41) is 14.9. The maximum atomic E-state index is 5.92. The van der Waals surface area contributed by atoms with Crippen molar-refractivity contribution >= 4 is 28.6 Å². The van der Waals surface area contributed by atoms with Crippen molar-refractivity contribution in [1.29, 1.82) is 0 Å². The van der Waals surface area contributed by atoms with Gasteiger partial charge in [-0.2, -0.15) is 4.52 Å². The predicted molar refractivity (Wildman–Crippen MR) is 83.4 cm³/mol. The van der Waals surface area contributed by atoms with E-state index in [0.29, 0.717) is 17.3 Å². The molecule has 3 heterocycles. The summed E-state index contributed by atoms with van der Waals surface area (Å²) in [6.07, 6.45) is 1.76. The highest BCUT2D eigenvalue weighted by Gasteiger charge is 2.11. The maximum absolute atomic E-state index is 5.92. The zero-order chi connectivity index (χ0) is 14.9. The monoisotopic (exact) mass is 329 g/mol. The molecule has 4 rings (SSSR count). The van der Waals surface area contributed by atoms with E-state index in [1.54, 1.807) is 29.7 Å². The van der Waals surface area contributed by atoms with Crippen molar-refractivity contribution < 1.29 is 4.74 Å². The van der Waals surface area contributed by atoms with Gasteiger partial charge in [0, 0.05) is 17.6 Å². The van der Waals surface area contributed by atoms with Gasteiger partial charge < -0.3 is 4.74 Å². The summed E-state index contributed by atoms with van der Waals surface area (Å²) in [4.78, 5) is 4.32. The quantitative estimate of drug-likeness (QED) is 0.573. The summed E-state index contributed by atoms with van der Waals surface area (Å²) in [5.41, 5.74) is 1.47. The summed E-state index contributed by atoms with van der Waals surface area (Å²) in [6.45, 7) is 0. The topological polar surface area (TPSA) is 65.2 Å². The van der Waals surface area contributed by atoms with Gasteiger partial charge >= 0.3 is 0 Å². The Hall–Kier alpha value is -2.51. The third-order valence-corrected chi connectivity index (χ3v) is 4.01. The summed E-state index contributed by atoms with van der Waals surface area (Å²) in [5.74, 6) is 1.08. The third kappa shape index (κ3) is 2.30. The molecule has 0 saturated heterocycles. The van der Waals surface area contributed by atoms with Gasteiger partial charge in [-0.3, -0.25) is 0 Å². The maximum Gasteiger partial charge on any atom is 0.246 e. The van der Waals surface area contributed by atoms with Crippen LogP contribution < -0.4 is 4.74 Å². The average Bonchev–Trinajstić information content (AvgIpc) is 3.19. The van der Waals surface area contributed by atoms with Crippen molar-refractivity contribution in [3.8, 4) is 22.2 Å². The molecule has 0 amide bonds. The standard InChI is InChI=1S/C14H8ClN5OS/c15-14-18-17-11-5-6-12(19-20(11)14)21-10-4-2-1-3-9(10)13-16-7-8-22-13/h1-8H. The van der Waals surface area contributed by atoms with Crippen LogP contribution in [-0.2, 0) is 0 Å². The fraction of sp³-hybridized carbons (Fsp3) is 0. The number of halogens is 1. The number of hydrogen-bond donors (Lipinski definition) is 0. The Balaban J connectivity index is 1.75. The Morgan fingerprint density at radius 2 is 2.00 bits per heavy atom. The van der Waals surface area contributed by atoms with Crippen molar-refractivity contribution in [2.24, 2.45) is 0 Å². The highest BCUT2D eigenvalue weighted by Crippen LogP contribution is 2.33. The number of hydrogen-bond acceptors (Lipinski definition) is 6. The highest BCUT2D eigenvalue weighted by atomic mass is 35.5. The number of ether oxygens (including phenoxy) is 1. The molecule has 0 unspecified atom stereocenters. The second kappa shape index (κ2) is 5.36. The first kappa shape index (κ1) is 13.2. The van der Waals surface area contributed by atoms with Crippen molar-refractivity contribution in [2.75, 3.05) is 0 Å². The minimum atomic E-state index is 0.189. The number of rotatable bonds is 3. The van der Waals surface area contributed by atoms with Gasteiger partial charge in [0.05, 0.1) is 5.56 Å². The van der Waals surface area contributed by atoms with Gasteiger partial charge in [0.1, 0.15) is 10.8 Å². The Morgan fingerprint density at radius 3 is 2.86 bits per heavy atom. The lowest BCUT2D eigenvalue weighted by Gasteiger charge is -2.08. The number of nitrogens with zero attached hydrogens (tertiary/aromatic N) is 5. The predicted octanol–water partition coefficient (Wildman–Crippen LogP) is 3.69. The molecule has 6 nitrogen and oxygen atoms in total. The van der Waals surface area contributed by atoms with Crippen LogP contribution in [0.2, 0.25) is 5.28 Å². The minimum Gasteiger partial charge on any atom is -0.437 e. The zero-order valence-electron chi connectivity index (χ0n) is 11.0. The Labute approximate surface area is 134 Å². The van der Waals surface area contributed by atoms with E-state index < -0.39 is 0 Å². The third-order valence-electron chi connectivity index (χ3n) is 2.96. The summed E-state index contributed by atoms with van der Waals surface area (Å²) < 4.78 is 7.31. The molecule has 0 saturated carbocycles. The molecular weight excluding hydrogens is 322 g/mol. The first-order valence-electron chi connectivity index (χ1n) is 6.36. The van der Waals surface area contributed by atoms with E-state index in [0.717, 1.165) is 10.6 Å². The van der Waals surface area contributed by atoms with E-state index in [-0.39, 0.29) is 5.28 Å². The summed E-state index contributed by atoms with van der Waals surface area (Å²) >= 11 is 7.47. The van der Waals surface area contributed by atoms with Crippen LogP contribution in [-0.4, -0.2) is 24.8 Å². The van der Waals surface area contributed by atoms with Crippen LogP contribution in [0.1, 0.15) is 0 Å². The molecule has 0 aliphatic heterocycles.